The van der Waals surface area contributed by atoms with Crippen LogP contribution in [-0.2, 0) is 167 Å². The minimum Gasteiger partial charge on any atom is -0.394 e. The summed E-state index contributed by atoms with van der Waals surface area (Å²) < 4.78 is 96.6. The normalized spacial score (nSPS) is 27.9. The Kier molecular flexibility index (Phi) is 46.3. The maximum absolute atomic E-state index is 12.4. The van der Waals surface area contributed by atoms with Gasteiger partial charge in [0.2, 0.25) is 5.91 Å². The standard InChI is InChI=1S/C32H65O20P3.C2H5NO.3Y/c1-21(2)42-15-16-47-55(41)52-24(19-48-53(39)45-13-9-5-7-11-43-31-22(3)27(35)29(37)25(17-33)50-31)20-49-54(40)46-14-10-6-8-12-44-32-23(4)28(36)30(38)26(18-34)51-32;1-2(3)4;;;/h21-38,53-55H,5-20H2,1-4H3;1H3,(H2,3,4);;;. The molecule has 0 aromatic rings. The van der Waals surface area contributed by atoms with Gasteiger partial charge in [-0.05, 0) is 52.4 Å². The second-order valence-corrected chi connectivity index (χ2v) is 17.4. The number of ether oxygens (including phenoxy) is 5. The Morgan fingerprint density at radius 1 is 0.597 bits per heavy atom. The number of hydrogen-bond donors (Lipinski definition) is 7. The fraction of sp³-hybridized carbons (Fsp3) is 0.971. The quantitative estimate of drug-likeness (QED) is 0.0377. The molecule has 0 bridgehead atoms. The first-order valence-corrected chi connectivity index (χ1v) is 23.5. The average molecular weight is 1190 g/mol. The zero-order chi connectivity index (χ0) is 44.3. The van der Waals surface area contributed by atoms with Gasteiger partial charge < -0.3 is 87.2 Å². The number of primary amides is 1. The number of rotatable bonds is 31. The van der Waals surface area contributed by atoms with Crippen molar-refractivity contribution in [2.45, 2.75) is 135 Å². The number of amides is 1. The van der Waals surface area contributed by atoms with Crippen LogP contribution in [-0.4, -0.2) is 164 Å². The van der Waals surface area contributed by atoms with Gasteiger partial charge in [0.1, 0.15) is 30.5 Å². The van der Waals surface area contributed by atoms with Gasteiger partial charge in [0.25, 0.3) is 0 Å². The molecule has 2 fully saturated rings. The van der Waals surface area contributed by atoms with Gasteiger partial charge in [-0.3, -0.25) is 18.5 Å². The number of hydrogen-bond acceptors (Lipinski definition) is 21. The Morgan fingerprint density at radius 2 is 0.968 bits per heavy atom. The van der Waals surface area contributed by atoms with Crippen LogP contribution in [0.5, 0.6) is 0 Å². The predicted molar refractivity (Wildman–Crippen MR) is 211 cm³/mol. The molecule has 361 valence electrons. The summed E-state index contributed by atoms with van der Waals surface area (Å²) in [6.45, 7) is 7.70. The Morgan fingerprint density at radius 3 is 1.34 bits per heavy atom. The van der Waals surface area contributed by atoms with E-state index in [4.69, 9.17) is 50.8 Å². The van der Waals surface area contributed by atoms with Crippen LogP contribution >= 0.6 is 24.8 Å². The molecule has 8 N–H and O–H groups in total. The van der Waals surface area contributed by atoms with E-state index in [0.29, 0.717) is 38.5 Å². The third kappa shape index (κ3) is 31.1. The van der Waals surface area contributed by atoms with Gasteiger partial charge in [0.05, 0.1) is 71.2 Å². The molecule has 2 saturated heterocycles. The average Bonchev–Trinajstić information content (AvgIpc) is 3.19. The molecule has 2 rings (SSSR count). The first-order chi connectivity index (χ1) is 28.0. The van der Waals surface area contributed by atoms with Crippen molar-refractivity contribution in [2.24, 2.45) is 17.6 Å². The summed E-state index contributed by atoms with van der Waals surface area (Å²) in [5.74, 6) is -1.32. The number of carbonyl (C=O) groups excluding carboxylic acids is 1. The van der Waals surface area contributed by atoms with Gasteiger partial charge in [-0.15, -0.1) is 0 Å². The fourth-order valence-corrected chi connectivity index (χ4v) is 7.55. The van der Waals surface area contributed by atoms with Crippen molar-refractivity contribution < 1.29 is 198 Å². The predicted octanol–water partition coefficient (Wildman–Crippen LogP) is 1.06. The van der Waals surface area contributed by atoms with Crippen molar-refractivity contribution >= 4 is 30.7 Å². The van der Waals surface area contributed by atoms with Crippen LogP contribution in [0.15, 0.2) is 0 Å². The van der Waals surface area contributed by atoms with E-state index in [9.17, 15) is 49.1 Å². The van der Waals surface area contributed by atoms with Gasteiger partial charge >= 0.3 is 24.8 Å². The summed E-state index contributed by atoms with van der Waals surface area (Å²) in [4.78, 5) is 9.22. The largest absolute Gasteiger partial charge is 0.394 e. The zero-order valence-corrected chi connectivity index (χ0v) is 47.9. The Labute approximate surface area is 442 Å². The van der Waals surface area contributed by atoms with Crippen molar-refractivity contribution in [3.05, 3.63) is 0 Å². The van der Waals surface area contributed by atoms with Crippen LogP contribution in [0.1, 0.15) is 73.1 Å². The maximum atomic E-state index is 12.4. The molecule has 0 aromatic carbocycles. The van der Waals surface area contributed by atoms with E-state index < -0.39 is 105 Å². The molecule has 2 heterocycles. The Hall–Kier alpha value is 2.79. The molecule has 0 spiro atoms. The molecular formula is C34H70NO21P3Y3. The van der Waals surface area contributed by atoms with Crippen LogP contribution in [0.25, 0.3) is 0 Å². The second kappa shape index (κ2) is 41.6. The molecule has 2 aliphatic heterocycles. The Bertz CT molecular complexity index is 1120. The smallest absolute Gasteiger partial charge is 0.319 e. The van der Waals surface area contributed by atoms with Crippen LogP contribution in [0.4, 0.5) is 0 Å². The fourth-order valence-electron chi connectivity index (χ4n) is 5.39. The van der Waals surface area contributed by atoms with Crippen LogP contribution < -0.4 is 5.73 Å². The van der Waals surface area contributed by atoms with E-state index in [0.717, 1.165) is 0 Å². The molecule has 28 heteroatoms. The summed E-state index contributed by atoms with van der Waals surface area (Å²) in [7, 11) is -9.03. The van der Waals surface area contributed by atoms with Crippen LogP contribution in [0.3, 0.4) is 0 Å². The minimum atomic E-state index is -3.05. The van der Waals surface area contributed by atoms with E-state index in [1.54, 1.807) is 13.8 Å². The number of aliphatic hydroxyl groups is 6. The molecule has 13 atom stereocenters. The van der Waals surface area contributed by atoms with Gasteiger partial charge in [0, 0.05) is 130 Å². The summed E-state index contributed by atoms with van der Waals surface area (Å²) in [5.41, 5.74) is 4.47. The van der Waals surface area contributed by atoms with Crippen molar-refractivity contribution in [3.63, 3.8) is 0 Å². The molecule has 1 amide bonds. The SMILES string of the molecule is CC(C)OCCO[PH](=O)OC(CO[PH](=O)OCCCCCOC1OC(CO)C(O)C(O)C1C)CO[PH](=O)OCCCCCOC1OC(CO)C(O)C(O)C1C.CC(N)=O.[Y].[Y].[Y]. The second-order valence-electron chi connectivity index (χ2n) is 14.2. The topological polar surface area (TPSA) is 317 Å². The summed E-state index contributed by atoms with van der Waals surface area (Å²) in [6, 6.07) is 0. The van der Waals surface area contributed by atoms with Crippen molar-refractivity contribution in [3.8, 4) is 0 Å². The van der Waals surface area contributed by atoms with Crippen molar-refractivity contribution in [2.75, 3.05) is 66.1 Å². The molecule has 62 heavy (non-hydrogen) atoms. The molecular weight excluding hydrogens is 1120 g/mol. The first kappa shape index (κ1) is 69.1. The molecule has 13 unspecified atom stereocenters. The van der Waals surface area contributed by atoms with Gasteiger partial charge in [-0.1, -0.05) is 13.8 Å². The maximum Gasteiger partial charge on any atom is 0.319 e. The summed E-state index contributed by atoms with van der Waals surface area (Å²) >= 11 is 0. The number of nitrogens with two attached hydrogens (primary N) is 1. The van der Waals surface area contributed by atoms with Crippen LogP contribution in [0.2, 0.25) is 0 Å². The van der Waals surface area contributed by atoms with E-state index in [2.05, 4.69) is 5.73 Å². The molecule has 0 aromatic heterocycles. The van der Waals surface area contributed by atoms with E-state index >= 15 is 0 Å². The van der Waals surface area contributed by atoms with Crippen molar-refractivity contribution in [1.82, 2.24) is 0 Å². The third-order valence-corrected chi connectivity index (χ3v) is 11.4. The first-order valence-electron chi connectivity index (χ1n) is 19.8. The van der Waals surface area contributed by atoms with Crippen LogP contribution in [0, 0.1) is 11.8 Å². The monoisotopic (exact) mass is 1190 g/mol. The molecule has 22 nitrogen and oxygen atoms in total. The zero-order valence-electron chi connectivity index (χ0n) is 36.4. The van der Waals surface area contributed by atoms with E-state index in [1.165, 1.54) is 6.92 Å². The number of aliphatic hydroxyl groups excluding tert-OH is 6. The van der Waals surface area contributed by atoms with E-state index in [-0.39, 0.29) is 163 Å². The summed E-state index contributed by atoms with van der Waals surface area (Å²) in [6.07, 6.45) is -5.62. The molecule has 0 aliphatic carbocycles. The molecule has 3 radical (unpaired) electrons. The molecule has 2 aliphatic rings. The summed E-state index contributed by atoms with van der Waals surface area (Å²) in [5, 5.41) is 58.9. The third-order valence-electron chi connectivity index (χ3n) is 8.75. The Balaban J connectivity index is -0.00000475. The molecule has 0 saturated carbocycles. The van der Waals surface area contributed by atoms with Gasteiger partial charge in [0.15, 0.2) is 12.6 Å². The number of carbonyl (C=O) groups is 1. The van der Waals surface area contributed by atoms with Crippen molar-refractivity contribution in [1.29, 1.82) is 0 Å². The minimum absolute atomic E-state index is 0. The van der Waals surface area contributed by atoms with Gasteiger partial charge in [-0.2, -0.15) is 0 Å². The van der Waals surface area contributed by atoms with E-state index in [1.807, 2.05) is 13.8 Å². The number of unbranched alkanes of at least 4 members (excludes halogenated alkanes) is 4. The van der Waals surface area contributed by atoms with Gasteiger partial charge in [-0.25, -0.2) is 0 Å².